The predicted molar refractivity (Wildman–Crippen MR) is 100 cm³/mol. The number of carboxylic acids is 1. The molecule has 0 saturated carbocycles. The van der Waals surface area contributed by atoms with Crippen LogP contribution in [-0.2, 0) is 9.53 Å². The van der Waals surface area contributed by atoms with Crippen molar-refractivity contribution in [1.29, 1.82) is 0 Å². The van der Waals surface area contributed by atoms with E-state index < -0.39 is 18.1 Å². The van der Waals surface area contributed by atoms with Gasteiger partial charge in [-0.2, -0.15) is 0 Å². The summed E-state index contributed by atoms with van der Waals surface area (Å²) in [7, 11) is 0. The maximum absolute atomic E-state index is 12.6. The van der Waals surface area contributed by atoms with Gasteiger partial charge < -0.3 is 9.84 Å². The Morgan fingerprint density at radius 3 is 2.27 bits per heavy atom. The molecule has 1 fully saturated rings. The second-order valence-electron chi connectivity index (χ2n) is 6.50. The summed E-state index contributed by atoms with van der Waals surface area (Å²) >= 11 is 1.45. The number of carbonyl (C=O) groups is 2. The normalized spacial score (nSPS) is 21.3. The first-order chi connectivity index (χ1) is 12.6. The number of nitrogens with zero attached hydrogens (tertiary/aromatic N) is 1. The van der Waals surface area contributed by atoms with Crippen molar-refractivity contribution in [3.8, 4) is 11.1 Å². The number of thioether (sulfide) groups is 1. The fourth-order valence-corrected chi connectivity index (χ4v) is 4.94. The number of fused-ring (bicyclic) bond motifs is 3. The highest BCUT2D eigenvalue weighted by Gasteiger charge is 2.41. The summed E-state index contributed by atoms with van der Waals surface area (Å²) in [5.41, 5.74) is 4.61. The first-order valence-corrected chi connectivity index (χ1v) is 9.60. The van der Waals surface area contributed by atoms with E-state index in [0.29, 0.717) is 5.75 Å². The first-order valence-electron chi connectivity index (χ1n) is 8.55. The van der Waals surface area contributed by atoms with Crippen LogP contribution in [0.4, 0.5) is 4.79 Å². The fourth-order valence-electron chi connectivity index (χ4n) is 3.78. The van der Waals surface area contributed by atoms with Crippen LogP contribution in [0.1, 0.15) is 24.0 Å². The maximum Gasteiger partial charge on any atom is 0.411 e. The summed E-state index contributed by atoms with van der Waals surface area (Å²) in [6, 6.07) is 15.4. The number of amides is 1. The Kier molecular flexibility index (Phi) is 4.36. The quantitative estimate of drug-likeness (QED) is 0.892. The van der Waals surface area contributed by atoms with Crippen molar-refractivity contribution in [2.45, 2.75) is 24.3 Å². The van der Waals surface area contributed by atoms with E-state index in [4.69, 9.17) is 4.74 Å². The molecule has 2 aromatic rings. The molecule has 1 saturated heterocycles. The van der Waals surface area contributed by atoms with Gasteiger partial charge in [0.2, 0.25) is 0 Å². The Morgan fingerprint density at radius 1 is 1.12 bits per heavy atom. The fraction of sp³-hybridized carbons (Fsp3) is 0.300. The Balaban J connectivity index is 1.55. The van der Waals surface area contributed by atoms with Gasteiger partial charge in [0, 0.05) is 11.7 Å². The summed E-state index contributed by atoms with van der Waals surface area (Å²) in [5.74, 6) is -0.628. The molecule has 1 aliphatic heterocycles. The Morgan fingerprint density at radius 2 is 1.69 bits per heavy atom. The molecule has 1 N–H and O–H groups in total. The predicted octanol–water partition coefficient (Wildman–Crippen LogP) is 3.78. The van der Waals surface area contributed by atoms with Crippen LogP contribution in [-0.4, -0.2) is 45.8 Å². The topological polar surface area (TPSA) is 66.8 Å². The lowest BCUT2D eigenvalue weighted by Crippen LogP contribution is -2.45. The smallest absolute Gasteiger partial charge is 0.411 e. The van der Waals surface area contributed by atoms with Gasteiger partial charge in [0.1, 0.15) is 12.6 Å². The molecule has 134 valence electrons. The van der Waals surface area contributed by atoms with Crippen molar-refractivity contribution in [2.75, 3.05) is 12.4 Å². The van der Waals surface area contributed by atoms with Crippen LogP contribution in [0.25, 0.3) is 11.1 Å². The summed E-state index contributed by atoms with van der Waals surface area (Å²) in [5, 5.41) is 9.13. The average molecular weight is 369 g/mol. The first kappa shape index (κ1) is 17.0. The second-order valence-corrected chi connectivity index (χ2v) is 7.85. The Bertz CT molecular complexity index is 823. The third-order valence-electron chi connectivity index (χ3n) is 5.05. The van der Waals surface area contributed by atoms with Gasteiger partial charge >= 0.3 is 12.1 Å². The lowest BCUT2D eigenvalue weighted by atomic mass is 9.98. The standard InChI is InChI=1S/C20H19NO4S/c1-12-21(18(11-26-12)19(22)23)20(24)25-10-17-15-8-4-2-6-13(15)14-7-3-5-9-16(14)17/h2-9,12,17-18H,10-11H2,1H3,(H,22,23)/t12-,18-/m1/s1. The average Bonchev–Trinajstić information content (AvgIpc) is 3.18. The minimum Gasteiger partial charge on any atom is -0.480 e. The third-order valence-corrected chi connectivity index (χ3v) is 6.27. The maximum atomic E-state index is 12.6. The SMILES string of the molecule is C[C@H]1SC[C@H](C(=O)O)N1C(=O)OCC1c2ccccc2-c2ccccc21. The molecule has 2 aliphatic rings. The van der Waals surface area contributed by atoms with Crippen LogP contribution in [0.5, 0.6) is 0 Å². The molecule has 26 heavy (non-hydrogen) atoms. The molecule has 2 aromatic carbocycles. The van der Waals surface area contributed by atoms with Gasteiger partial charge in [-0.25, -0.2) is 9.59 Å². The molecular formula is C20H19NO4S. The molecule has 6 heteroatoms. The number of hydrogen-bond acceptors (Lipinski definition) is 4. The van der Waals surface area contributed by atoms with Gasteiger partial charge in [-0.1, -0.05) is 48.5 Å². The van der Waals surface area contributed by atoms with E-state index in [0.717, 1.165) is 22.3 Å². The lowest BCUT2D eigenvalue weighted by molar-refractivity contribution is -0.141. The highest BCUT2D eigenvalue weighted by atomic mass is 32.2. The van der Waals surface area contributed by atoms with Crippen molar-refractivity contribution in [3.63, 3.8) is 0 Å². The van der Waals surface area contributed by atoms with Gasteiger partial charge in [-0.05, 0) is 29.2 Å². The molecule has 4 rings (SSSR count). The number of ether oxygens (including phenoxy) is 1. The van der Waals surface area contributed by atoms with Gasteiger partial charge in [0.25, 0.3) is 0 Å². The van der Waals surface area contributed by atoms with Crippen LogP contribution in [0.3, 0.4) is 0 Å². The van der Waals surface area contributed by atoms with E-state index in [1.165, 1.54) is 16.7 Å². The van der Waals surface area contributed by atoms with E-state index in [9.17, 15) is 14.7 Å². The monoisotopic (exact) mass is 369 g/mol. The zero-order valence-electron chi connectivity index (χ0n) is 14.3. The van der Waals surface area contributed by atoms with E-state index in [-0.39, 0.29) is 17.9 Å². The second kappa shape index (κ2) is 6.68. The molecule has 0 unspecified atom stereocenters. The number of hydrogen-bond donors (Lipinski definition) is 1. The highest BCUT2D eigenvalue weighted by molar-refractivity contribution is 8.00. The van der Waals surface area contributed by atoms with Gasteiger partial charge in [-0.3, -0.25) is 4.90 Å². The zero-order chi connectivity index (χ0) is 18.3. The number of benzene rings is 2. The molecule has 0 aromatic heterocycles. The zero-order valence-corrected chi connectivity index (χ0v) is 15.1. The van der Waals surface area contributed by atoms with Crippen LogP contribution in [0, 0.1) is 0 Å². The molecule has 0 radical (unpaired) electrons. The number of aliphatic carboxylic acids is 1. The lowest BCUT2D eigenvalue weighted by Gasteiger charge is -2.25. The van der Waals surface area contributed by atoms with E-state index >= 15 is 0 Å². The largest absolute Gasteiger partial charge is 0.480 e. The number of carbonyl (C=O) groups excluding carboxylic acids is 1. The van der Waals surface area contributed by atoms with Crippen molar-refractivity contribution < 1.29 is 19.4 Å². The molecule has 0 bridgehead atoms. The summed E-state index contributed by atoms with van der Waals surface area (Å²) in [6.07, 6.45) is -0.559. The number of rotatable bonds is 3. The third kappa shape index (κ3) is 2.74. The molecule has 1 amide bonds. The highest BCUT2D eigenvalue weighted by Crippen LogP contribution is 2.44. The van der Waals surface area contributed by atoms with Gasteiger partial charge in [-0.15, -0.1) is 11.8 Å². The van der Waals surface area contributed by atoms with Crippen LogP contribution < -0.4 is 0 Å². The van der Waals surface area contributed by atoms with Crippen LogP contribution in [0.15, 0.2) is 48.5 Å². The molecular weight excluding hydrogens is 350 g/mol. The minimum absolute atomic E-state index is 0.0276. The van der Waals surface area contributed by atoms with Gasteiger partial charge in [0.05, 0.1) is 5.37 Å². The minimum atomic E-state index is -0.990. The summed E-state index contributed by atoms with van der Waals surface area (Å²) < 4.78 is 5.58. The summed E-state index contributed by atoms with van der Waals surface area (Å²) in [6.45, 7) is 2.03. The van der Waals surface area contributed by atoms with Crippen LogP contribution >= 0.6 is 11.8 Å². The molecule has 1 heterocycles. The molecule has 2 atom stereocenters. The Hall–Kier alpha value is -2.47. The van der Waals surface area contributed by atoms with Crippen molar-refractivity contribution in [2.24, 2.45) is 0 Å². The van der Waals surface area contributed by atoms with Crippen molar-refractivity contribution >= 4 is 23.8 Å². The van der Waals surface area contributed by atoms with Gasteiger partial charge in [0.15, 0.2) is 0 Å². The van der Waals surface area contributed by atoms with E-state index in [1.54, 1.807) is 0 Å². The number of carboxylic acid groups (broad SMARTS) is 1. The molecule has 5 nitrogen and oxygen atoms in total. The summed E-state index contributed by atoms with van der Waals surface area (Å²) in [4.78, 5) is 25.3. The van der Waals surface area contributed by atoms with Crippen molar-refractivity contribution in [3.05, 3.63) is 59.7 Å². The molecule has 1 aliphatic carbocycles. The van der Waals surface area contributed by atoms with Crippen molar-refractivity contribution in [1.82, 2.24) is 4.90 Å². The van der Waals surface area contributed by atoms with E-state index in [1.807, 2.05) is 31.2 Å². The Labute approximate surface area is 156 Å². The molecule has 0 spiro atoms. The van der Waals surface area contributed by atoms with Crippen LogP contribution in [0.2, 0.25) is 0 Å². The van der Waals surface area contributed by atoms with E-state index in [2.05, 4.69) is 24.3 Å².